The third kappa shape index (κ3) is 9.65. The van der Waals surface area contributed by atoms with Crippen LogP contribution in [0.4, 0.5) is 0 Å². The van der Waals surface area contributed by atoms with Gasteiger partial charge in [0.15, 0.2) is 0 Å². The number of hydrogen-bond acceptors (Lipinski definition) is 1. The summed E-state index contributed by atoms with van der Waals surface area (Å²) in [6.07, 6.45) is 19.0. The summed E-state index contributed by atoms with van der Waals surface area (Å²) >= 11 is 0. The molecule has 0 spiro atoms. The van der Waals surface area contributed by atoms with Gasteiger partial charge in [0, 0.05) is 0 Å². The number of aryl methyl sites for hydroxylation is 1. The Morgan fingerprint density at radius 2 is 1.41 bits per heavy atom. The summed E-state index contributed by atoms with van der Waals surface area (Å²) in [5.41, 5.74) is 1.19. The van der Waals surface area contributed by atoms with Crippen LogP contribution in [0.3, 0.4) is 0 Å². The minimum absolute atomic E-state index is 0.960. The van der Waals surface area contributed by atoms with Gasteiger partial charge in [-0.3, -0.25) is 0 Å². The minimum Gasteiger partial charge on any atom is -0.465 e. The molecule has 0 aliphatic carbocycles. The number of unbranched alkanes of at least 4 members (excludes halogenated alkanes) is 10. The van der Waals surface area contributed by atoms with Crippen molar-refractivity contribution in [1.29, 1.82) is 0 Å². The van der Waals surface area contributed by atoms with E-state index in [-0.39, 0.29) is 0 Å². The van der Waals surface area contributed by atoms with Gasteiger partial charge in [-0.1, -0.05) is 82.9 Å². The van der Waals surface area contributed by atoms with E-state index in [0.717, 1.165) is 12.2 Å². The quantitative estimate of drug-likeness (QED) is 0.276. The van der Waals surface area contributed by atoms with Crippen molar-refractivity contribution in [1.82, 2.24) is 0 Å². The van der Waals surface area contributed by atoms with Crippen molar-refractivity contribution in [2.75, 3.05) is 0 Å². The summed E-state index contributed by atoms with van der Waals surface area (Å²) in [6.45, 7) is 4.35. The van der Waals surface area contributed by atoms with Gasteiger partial charge in [-0.15, -0.1) is 0 Å². The number of allylic oxidation sites excluding steroid dienone is 1. The maximum Gasteiger partial charge on any atom is 0.129 e. The highest BCUT2D eigenvalue weighted by atomic mass is 16.5. The number of para-hydroxylation sites is 1. The molecule has 0 aliphatic heterocycles. The van der Waals surface area contributed by atoms with Crippen molar-refractivity contribution in [2.45, 2.75) is 84.5 Å². The van der Waals surface area contributed by atoms with E-state index >= 15 is 0 Å². The SMILES string of the molecule is CCCCCCCCCCCC/C=C/Oc1ccccc1C. The summed E-state index contributed by atoms with van der Waals surface area (Å²) in [4.78, 5) is 0. The Labute approximate surface area is 137 Å². The van der Waals surface area contributed by atoms with Crippen LogP contribution < -0.4 is 4.74 Å². The second-order valence-electron chi connectivity index (χ2n) is 6.23. The largest absolute Gasteiger partial charge is 0.465 e. The van der Waals surface area contributed by atoms with Crippen LogP contribution >= 0.6 is 0 Å². The molecule has 0 amide bonds. The highest BCUT2D eigenvalue weighted by Crippen LogP contribution is 2.16. The van der Waals surface area contributed by atoms with E-state index in [1.165, 1.54) is 69.8 Å². The van der Waals surface area contributed by atoms with Gasteiger partial charge in [0.25, 0.3) is 0 Å². The van der Waals surface area contributed by atoms with Crippen LogP contribution in [0.25, 0.3) is 0 Å². The zero-order chi connectivity index (χ0) is 15.9. The normalized spacial score (nSPS) is 11.2. The number of benzene rings is 1. The molecule has 1 heteroatoms. The molecule has 1 aromatic rings. The molecule has 0 saturated carbocycles. The van der Waals surface area contributed by atoms with Crippen molar-refractivity contribution < 1.29 is 4.74 Å². The van der Waals surface area contributed by atoms with Gasteiger partial charge >= 0.3 is 0 Å². The monoisotopic (exact) mass is 302 g/mol. The standard InChI is InChI=1S/C21H34O/c1-3-4-5-6-7-8-9-10-11-12-13-16-19-22-21-18-15-14-17-20(21)2/h14-19H,3-13H2,1-2H3/b19-16+. The van der Waals surface area contributed by atoms with Crippen LogP contribution in [0.1, 0.15) is 83.1 Å². The van der Waals surface area contributed by atoms with E-state index in [4.69, 9.17) is 4.74 Å². The zero-order valence-corrected chi connectivity index (χ0v) is 14.7. The van der Waals surface area contributed by atoms with Crippen LogP contribution in [0.5, 0.6) is 5.75 Å². The zero-order valence-electron chi connectivity index (χ0n) is 14.7. The van der Waals surface area contributed by atoms with Gasteiger partial charge in [-0.2, -0.15) is 0 Å². The maximum absolute atomic E-state index is 5.65. The van der Waals surface area contributed by atoms with Crippen molar-refractivity contribution in [3.05, 3.63) is 42.2 Å². The Hall–Kier alpha value is -1.24. The van der Waals surface area contributed by atoms with Crippen LogP contribution in [0, 0.1) is 6.92 Å². The van der Waals surface area contributed by atoms with E-state index in [0.29, 0.717) is 0 Å². The number of rotatable bonds is 13. The van der Waals surface area contributed by atoms with Crippen molar-refractivity contribution >= 4 is 0 Å². The van der Waals surface area contributed by atoms with Crippen molar-refractivity contribution in [3.63, 3.8) is 0 Å². The Morgan fingerprint density at radius 3 is 2.05 bits per heavy atom. The average Bonchev–Trinajstić information content (AvgIpc) is 2.53. The molecule has 0 fully saturated rings. The smallest absolute Gasteiger partial charge is 0.129 e. The van der Waals surface area contributed by atoms with Crippen molar-refractivity contribution in [3.8, 4) is 5.75 Å². The maximum atomic E-state index is 5.65. The average molecular weight is 303 g/mol. The lowest BCUT2D eigenvalue weighted by molar-refractivity contribution is 0.473. The van der Waals surface area contributed by atoms with Crippen LogP contribution in [0.2, 0.25) is 0 Å². The van der Waals surface area contributed by atoms with Gasteiger partial charge in [-0.25, -0.2) is 0 Å². The fourth-order valence-corrected chi connectivity index (χ4v) is 2.63. The Kier molecular flexibility index (Phi) is 11.5. The predicted molar refractivity (Wildman–Crippen MR) is 97.4 cm³/mol. The lowest BCUT2D eigenvalue weighted by atomic mass is 10.1. The van der Waals surface area contributed by atoms with Gasteiger partial charge in [-0.05, 0) is 37.5 Å². The first-order chi connectivity index (χ1) is 10.8. The lowest BCUT2D eigenvalue weighted by Gasteiger charge is -2.03. The van der Waals surface area contributed by atoms with Gasteiger partial charge < -0.3 is 4.74 Å². The first-order valence-corrected chi connectivity index (χ1v) is 9.22. The second kappa shape index (κ2) is 13.4. The molecule has 124 valence electrons. The number of hydrogen-bond donors (Lipinski definition) is 0. The van der Waals surface area contributed by atoms with Gasteiger partial charge in [0.2, 0.25) is 0 Å². The summed E-state index contributed by atoms with van der Waals surface area (Å²) in [6, 6.07) is 8.14. The molecule has 22 heavy (non-hydrogen) atoms. The summed E-state index contributed by atoms with van der Waals surface area (Å²) < 4.78 is 5.65. The van der Waals surface area contributed by atoms with E-state index in [1.54, 1.807) is 0 Å². The first-order valence-electron chi connectivity index (χ1n) is 9.22. The molecule has 0 N–H and O–H groups in total. The van der Waals surface area contributed by atoms with Crippen LogP contribution in [-0.4, -0.2) is 0 Å². The predicted octanol–water partition coefficient (Wildman–Crippen LogP) is 7.20. The molecule has 0 aromatic heterocycles. The third-order valence-electron chi connectivity index (χ3n) is 4.11. The van der Waals surface area contributed by atoms with Gasteiger partial charge in [0.05, 0.1) is 6.26 Å². The highest BCUT2D eigenvalue weighted by Gasteiger charge is 1.94. The first kappa shape index (κ1) is 18.8. The molecule has 0 aliphatic rings. The molecular weight excluding hydrogens is 268 g/mol. The Morgan fingerprint density at radius 1 is 0.818 bits per heavy atom. The topological polar surface area (TPSA) is 9.23 Å². The van der Waals surface area contributed by atoms with Crippen LogP contribution in [0.15, 0.2) is 36.6 Å². The molecule has 0 bridgehead atoms. The van der Waals surface area contributed by atoms with Gasteiger partial charge in [0.1, 0.15) is 5.75 Å². The fraction of sp³-hybridized carbons (Fsp3) is 0.619. The van der Waals surface area contributed by atoms with Crippen molar-refractivity contribution in [2.24, 2.45) is 0 Å². The van der Waals surface area contributed by atoms with Crippen LogP contribution in [-0.2, 0) is 0 Å². The molecule has 0 saturated heterocycles. The molecule has 1 nitrogen and oxygen atoms in total. The summed E-state index contributed by atoms with van der Waals surface area (Å²) in [7, 11) is 0. The Bertz CT molecular complexity index is 395. The van der Waals surface area contributed by atoms with E-state index in [1.807, 2.05) is 24.5 Å². The number of ether oxygens (including phenoxy) is 1. The Balaban J connectivity index is 1.89. The fourth-order valence-electron chi connectivity index (χ4n) is 2.63. The molecule has 0 atom stereocenters. The molecule has 0 radical (unpaired) electrons. The molecular formula is C21H34O. The lowest BCUT2D eigenvalue weighted by Crippen LogP contribution is -1.85. The van der Waals surface area contributed by atoms with E-state index < -0.39 is 0 Å². The third-order valence-corrected chi connectivity index (χ3v) is 4.11. The minimum atomic E-state index is 0.960. The second-order valence-corrected chi connectivity index (χ2v) is 6.23. The molecule has 1 rings (SSSR count). The highest BCUT2D eigenvalue weighted by molar-refractivity contribution is 5.32. The summed E-state index contributed by atoms with van der Waals surface area (Å²) in [5.74, 6) is 0.960. The molecule has 1 aromatic carbocycles. The molecule has 0 unspecified atom stereocenters. The summed E-state index contributed by atoms with van der Waals surface area (Å²) in [5, 5.41) is 0. The van der Waals surface area contributed by atoms with E-state index in [2.05, 4.69) is 26.0 Å². The van der Waals surface area contributed by atoms with E-state index in [9.17, 15) is 0 Å². The molecule has 0 heterocycles.